The number of thiazole rings is 1. The molecule has 0 fully saturated rings. The molecule has 2 aromatic rings. The molecule has 94 valence electrons. The molecule has 0 spiro atoms. The van der Waals surface area contributed by atoms with Crippen LogP contribution >= 0.6 is 38.9 Å². The van der Waals surface area contributed by atoms with E-state index in [-0.39, 0.29) is 5.91 Å². The lowest BCUT2D eigenvalue weighted by Crippen LogP contribution is -2.11. The van der Waals surface area contributed by atoms with Crippen LogP contribution in [0, 0.1) is 6.92 Å². The number of nitrogens with two attached hydrogens (primary N) is 1. The van der Waals surface area contributed by atoms with E-state index >= 15 is 0 Å². The number of nitrogen functional groups attached to an aromatic ring is 1. The smallest absolute Gasteiger partial charge is 0.267 e. The van der Waals surface area contributed by atoms with Crippen molar-refractivity contribution in [2.75, 3.05) is 11.1 Å². The lowest BCUT2D eigenvalue weighted by molar-refractivity contribution is 0.103. The molecule has 0 aliphatic heterocycles. The van der Waals surface area contributed by atoms with Crippen LogP contribution in [0.25, 0.3) is 0 Å². The number of aromatic nitrogens is 2. The van der Waals surface area contributed by atoms with Gasteiger partial charge in [-0.3, -0.25) is 4.79 Å². The van der Waals surface area contributed by atoms with Crippen LogP contribution in [0.5, 0.6) is 0 Å². The van der Waals surface area contributed by atoms with Gasteiger partial charge in [-0.15, -0.1) is 0 Å². The molecule has 0 unspecified atom stereocenters. The van der Waals surface area contributed by atoms with Gasteiger partial charge in [0.05, 0.1) is 22.1 Å². The zero-order valence-corrected chi connectivity index (χ0v) is 12.4. The van der Waals surface area contributed by atoms with Crippen molar-refractivity contribution in [2.45, 2.75) is 6.92 Å². The summed E-state index contributed by atoms with van der Waals surface area (Å²) in [7, 11) is 0. The second kappa shape index (κ2) is 5.21. The maximum atomic E-state index is 12.0. The van der Waals surface area contributed by atoms with E-state index in [1.165, 1.54) is 6.20 Å². The van der Waals surface area contributed by atoms with Crippen LogP contribution in [0.1, 0.15) is 15.4 Å². The summed E-state index contributed by atoms with van der Waals surface area (Å²) in [5, 5.41) is 3.41. The Morgan fingerprint density at radius 1 is 1.61 bits per heavy atom. The van der Waals surface area contributed by atoms with Gasteiger partial charge in [-0.2, -0.15) is 0 Å². The highest BCUT2D eigenvalue weighted by Crippen LogP contribution is 2.25. The minimum absolute atomic E-state index is 0.266. The van der Waals surface area contributed by atoms with E-state index in [1.54, 1.807) is 13.0 Å². The van der Waals surface area contributed by atoms with Crippen molar-refractivity contribution in [1.29, 1.82) is 0 Å². The molecule has 8 heteroatoms. The molecule has 2 heterocycles. The van der Waals surface area contributed by atoms with Crippen molar-refractivity contribution in [2.24, 2.45) is 0 Å². The fourth-order valence-electron chi connectivity index (χ4n) is 1.31. The van der Waals surface area contributed by atoms with E-state index in [4.69, 9.17) is 17.3 Å². The first-order valence-electron chi connectivity index (χ1n) is 4.82. The van der Waals surface area contributed by atoms with Crippen LogP contribution in [-0.2, 0) is 0 Å². The number of nitrogens with zero attached hydrogens (tertiary/aromatic N) is 2. The fourth-order valence-corrected chi connectivity index (χ4v) is 2.49. The van der Waals surface area contributed by atoms with Gasteiger partial charge in [0.1, 0.15) is 10.0 Å². The summed E-state index contributed by atoms with van der Waals surface area (Å²) in [5.41, 5.74) is 6.70. The summed E-state index contributed by atoms with van der Waals surface area (Å²) in [5.74, 6) is -0.266. The third-order valence-electron chi connectivity index (χ3n) is 2.07. The number of amides is 1. The molecule has 1 amide bonds. The highest BCUT2D eigenvalue weighted by molar-refractivity contribution is 9.10. The number of hydrogen-bond donors (Lipinski definition) is 2. The summed E-state index contributed by atoms with van der Waals surface area (Å²) in [6.45, 7) is 1.73. The molecule has 0 aromatic carbocycles. The number of halogens is 2. The van der Waals surface area contributed by atoms with Gasteiger partial charge in [0.15, 0.2) is 5.13 Å². The maximum absolute atomic E-state index is 12.0. The van der Waals surface area contributed by atoms with Crippen molar-refractivity contribution in [3.05, 3.63) is 32.5 Å². The predicted molar refractivity (Wildman–Crippen MR) is 76.2 cm³/mol. The van der Waals surface area contributed by atoms with Crippen LogP contribution in [0.4, 0.5) is 10.8 Å². The molecule has 0 saturated heterocycles. The van der Waals surface area contributed by atoms with Gasteiger partial charge < -0.3 is 11.1 Å². The van der Waals surface area contributed by atoms with Gasteiger partial charge in [0.2, 0.25) is 0 Å². The number of pyridine rings is 1. The van der Waals surface area contributed by atoms with Crippen molar-refractivity contribution in [3.8, 4) is 0 Å². The van der Waals surface area contributed by atoms with E-state index < -0.39 is 0 Å². The first-order valence-corrected chi connectivity index (χ1v) is 6.81. The zero-order chi connectivity index (χ0) is 13.3. The van der Waals surface area contributed by atoms with Crippen LogP contribution in [-0.4, -0.2) is 15.9 Å². The Morgan fingerprint density at radius 3 is 2.89 bits per heavy atom. The van der Waals surface area contributed by atoms with E-state index in [9.17, 15) is 4.79 Å². The first kappa shape index (κ1) is 13.3. The van der Waals surface area contributed by atoms with Crippen LogP contribution in [0.3, 0.4) is 0 Å². The quantitative estimate of drug-likeness (QED) is 0.818. The maximum Gasteiger partial charge on any atom is 0.267 e. The molecule has 18 heavy (non-hydrogen) atoms. The number of carbonyl (C=O) groups excluding carboxylic acids is 1. The van der Waals surface area contributed by atoms with Gasteiger partial charge in [-0.05, 0) is 28.9 Å². The van der Waals surface area contributed by atoms with E-state index in [1.807, 2.05) is 0 Å². The molecule has 0 atom stereocenters. The van der Waals surface area contributed by atoms with Crippen molar-refractivity contribution in [3.63, 3.8) is 0 Å². The molecular formula is C10H8BrClN4OS. The molecule has 2 rings (SSSR count). The third-order valence-corrected chi connectivity index (χ3v) is 4.19. The van der Waals surface area contributed by atoms with Gasteiger partial charge in [-0.1, -0.05) is 22.9 Å². The van der Waals surface area contributed by atoms with Crippen LogP contribution < -0.4 is 11.1 Å². The Bertz CT molecular complexity index is 616. The molecular weight excluding hydrogens is 340 g/mol. The van der Waals surface area contributed by atoms with Gasteiger partial charge in [0.25, 0.3) is 5.91 Å². The summed E-state index contributed by atoms with van der Waals surface area (Å²) >= 11 is 10.1. The largest absolute Gasteiger partial charge is 0.375 e. The monoisotopic (exact) mass is 346 g/mol. The number of rotatable bonds is 2. The Hall–Kier alpha value is -1.18. The molecule has 0 bridgehead atoms. The number of carbonyl (C=O) groups is 1. The number of hydrogen-bond acceptors (Lipinski definition) is 5. The molecule has 0 aliphatic rings. The van der Waals surface area contributed by atoms with Crippen molar-refractivity contribution in [1.82, 2.24) is 9.97 Å². The van der Waals surface area contributed by atoms with Crippen molar-refractivity contribution < 1.29 is 4.79 Å². The number of anilines is 2. The Morgan fingerprint density at radius 2 is 2.33 bits per heavy atom. The number of nitrogens with one attached hydrogen (secondary N) is 1. The second-order valence-electron chi connectivity index (χ2n) is 3.42. The first-order chi connectivity index (χ1) is 8.47. The molecule has 5 nitrogen and oxygen atoms in total. The Kier molecular flexibility index (Phi) is 3.84. The van der Waals surface area contributed by atoms with Gasteiger partial charge in [-0.25, -0.2) is 9.97 Å². The summed E-state index contributed by atoms with van der Waals surface area (Å²) in [4.78, 5) is 20.4. The number of aryl methyl sites for hydroxylation is 1. The van der Waals surface area contributed by atoms with Crippen LogP contribution in [0.2, 0.25) is 5.15 Å². The molecule has 0 aliphatic carbocycles. The summed E-state index contributed by atoms with van der Waals surface area (Å²) in [6, 6.07) is 1.67. The van der Waals surface area contributed by atoms with E-state index in [0.29, 0.717) is 31.0 Å². The fraction of sp³-hybridized carbons (Fsp3) is 0.100. The molecule has 3 N–H and O–H groups in total. The third kappa shape index (κ3) is 2.80. The minimum Gasteiger partial charge on any atom is -0.375 e. The zero-order valence-electron chi connectivity index (χ0n) is 9.20. The van der Waals surface area contributed by atoms with E-state index in [0.717, 1.165) is 11.3 Å². The molecule has 2 aromatic heterocycles. The van der Waals surface area contributed by atoms with Crippen molar-refractivity contribution >= 4 is 55.6 Å². The average Bonchev–Trinajstić information content (AvgIpc) is 2.63. The SMILES string of the molecule is Cc1nc(N)sc1C(=O)Nc1cnc(Cl)c(Br)c1. The normalized spacial score (nSPS) is 10.4. The van der Waals surface area contributed by atoms with Crippen LogP contribution in [0.15, 0.2) is 16.7 Å². The molecule has 0 saturated carbocycles. The predicted octanol–water partition coefficient (Wildman–Crippen LogP) is 3.10. The highest BCUT2D eigenvalue weighted by Gasteiger charge is 2.14. The standard InChI is InChI=1S/C10H8BrClN4OS/c1-4-7(18-10(13)15-4)9(17)16-5-2-6(11)8(12)14-3-5/h2-3H,1H3,(H2,13,15)(H,16,17). The Labute approximate surface area is 121 Å². The summed E-state index contributed by atoms with van der Waals surface area (Å²) < 4.78 is 0.613. The van der Waals surface area contributed by atoms with Gasteiger partial charge >= 0.3 is 0 Å². The topological polar surface area (TPSA) is 80.9 Å². The minimum atomic E-state index is -0.266. The second-order valence-corrected chi connectivity index (χ2v) is 5.66. The highest BCUT2D eigenvalue weighted by atomic mass is 79.9. The average molecular weight is 348 g/mol. The Balaban J connectivity index is 2.21. The van der Waals surface area contributed by atoms with E-state index in [2.05, 4.69) is 31.2 Å². The summed E-state index contributed by atoms with van der Waals surface area (Å²) in [6.07, 6.45) is 1.48. The lowest BCUT2D eigenvalue weighted by Gasteiger charge is -2.04. The molecule has 0 radical (unpaired) electrons. The van der Waals surface area contributed by atoms with Gasteiger partial charge in [0, 0.05) is 0 Å². The lowest BCUT2D eigenvalue weighted by atomic mass is 10.3.